The number of nitrogens with one attached hydrogen (secondary N) is 4. The van der Waals surface area contributed by atoms with Gasteiger partial charge in [0.1, 0.15) is 73.2 Å². The Morgan fingerprint density at radius 1 is 0.434 bits per heavy atom. The average molecular weight is 1550 g/mol. The van der Waals surface area contributed by atoms with E-state index in [0.29, 0.717) is 0 Å². The number of carboxylic acids is 4. The van der Waals surface area contributed by atoms with Crippen LogP contribution in [0.3, 0.4) is 0 Å². The Hall–Kier alpha value is -5.56. The van der Waals surface area contributed by atoms with Crippen LogP contribution in [0.4, 0.5) is 0 Å². The van der Waals surface area contributed by atoms with Gasteiger partial charge in [0.05, 0.1) is 102 Å². The zero-order valence-corrected chi connectivity index (χ0v) is 56.3. The van der Waals surface area contributed by atoms with Crippen molar-refractivity contribution in [3.05, 3.63) is 0 Å². The van der Waals surface area contributed by atoms with E-state index < -0.39 is 342 Å². The zero-order chi connectivity index (χ0) is 80.2. The van der Waals surface area contributed by atoms with Gasteiger partial charge in [0.25, 0.3) is 17.7 Å². The number of hydrogen-bond donors (Lipinski definition) is 32. The largest absolute Gasteiger partial charge is 0.480 e. The third-order valence-electron chi connectivity index (χ3n) is 18.3. The van der Waals surface area contributed by atoms with E-state index in [1.54, 1.807) is 0 Å². The van der Waals surface area contributed by atoms with Crippen molar-refractivity contribution in [2.45, 2.75) is 166 Å². The van der Waals surface area contributed by atoms with Gasteiger partial charge >= 0.3 is 23.9 Å². The van der Waals surface area contributed by atoms with E-state index in [-0.39, 0.29) is 13.1 Å². The molecule has 0 aliphatic carbocycles. The van der Waals surface area contributed by atoms with E-state index in [0.717, 1.165) is 4.90 Å². The summed E-state index contributed by atoms with van der Waals surface area (Å²) in [7, 11) is 0. The lowest BCUT2D eigenvalue weighted by atomic mass is 9.85. The minimum atomic E-state index is -2.98. The molecule has 49 heteroatoms. The van der Waals surface area contributed by atoms with E-state index in [2.05, 4.69) is 21.3 Å². The first kappa shape index (κ1) is 92.8. The number of carboxylic acid groups (broad SMARTS) is 4. The van der Waals surface area contributed by atoms with E-state index in [1.165, 1.54) is 9.80 Å². The summed E-state index contributed by atoms with van der Waals surface area (Å²) in [6, 6.07) is 0. The molecule has 0 saturated carbocycles. The molecule has 106 heavy (non-hydrogen) atoms. The third-order valence-corrected chi connectivity index (χ3v) is 18.3. The monoisotopic (exact) mass is 1550 g/mol. The van der Waals surface area contributed by atoms with Gasteiger partial charge in [-0.05, 0) is 6.42 Å². The Bertz CT molecular complexity index is 2560. The second kappa shape index (κ2) is 42.6. The van der Waals surface area contributed by atoms with Gasteiger partial charge in [-0.15, -0.1) is 0 Å². The Balaban J connectivity index is 1.92. The summed E-state index contributed by atoms with van der Waals surface area (Å²) in [6.07, 6.45) is -59.7. The highest BCUT2D eigenvalue weighted by Crippen LogP contribution is 2.33. The van der Waals surface area contributed by atoms with Crippen LogP contribution >= 0.6 is 0 Å². The normalized spacial score (nSPS) is 30.8. The Morgan fingerprint density at radius 2 is 0.717 bits per heavy atom. The number of carbonyl (C=O) groups is 8. The molecule has 49 nitrogen and oxygen atoms in total. The molecule has 27 unspecified atom stereocenters. The van der Waals surface area contributed by atoms with Gasteiger partial charge < -0.3 is 193 Å². The van der Waals surface area contributed by atoms with E-state index >= 15 is 0 Å². The number of aliphatic hydroxyl groups excluding tert-OH is 24. The first-order chi connectivity index (χ1) is 49.6. The molecule has 4 heterocycles. The smallest absolute Gasteiger partial charge is 0.317 e. The van der Waals surface area contributed by atoms with Crippen molar-refractivity contribution in [2.75, 3.05) is 118 Å². The highest BCUT2D eigenvalue weighted by molar-refractivity contribution is 5.83. The number of aliphatic carboxylic acids is 4. The van der Waals surface area contributed by atoms with Crippen molar-refractivity contribution in [3.63, 3.8) is 0 Å². The van der Waals surface area contributed by atoms with Crippen LogP contribution in [-0.4, -0.2) is 477 Å². The van der Waals surface area contributed by atoms with Crippen LogP contribution in [0.1, 0.15) is 12.8 Å². The SMILES string of the molecule is O=C(O)CN1CCN(CC(=O)O)CC(CCC(=O)NCC(CNC(=O)C(O)C(O)C(OC2OC(O)C(O)C(O)C2CO)C(O)CO)(CNC(=O)C(O)C(O)C(OC2OC(O)C(O)C(O)C2CO)C(O)CO)CNC(=O)C(O)C(O)C(OC2OC(O)C(O)C(O)C2CO)C(O)CO)(N(CC(=O)O)CC(=O)O)C1. The summed E-state index contributed by atoms with van der Waals surface area (Å²) >= 11 is 0. The highest BCUT2D eigenvalue weighted by Gasteiger charge is 2.53. The zero-order valence-electron chi connectivity index (χ0n) is 56.3. The molecule has 32 N–H and O–H groups in total. The number of amides is 4. The maximum Gasteiger partial charge on any atom is 0.317 e. The number of aliphatic hydroxyl groups is 24. The quantitative estimate of drug-likeness (QED) is 0.0269. The van der Waals surface area contributed by atoms with Crippen molar-refractivity contribution in [3.8, 4) is 0 Å². The van der Waals surface area contributed by atoms with Crippen LogP contribution in [0.25, 0.3) is 0 Å². The molecule has 0 spiro atoms. The topological polar surface area (TPSA) is 816 Å². The van der Waals surface area contributed by atoms with Crippen molar-refractivity contribution in [1.82, 2.24) is 36.0 Å². The Morgan fingerprint density at radius 3 is 0.972 bits per heavy atom. The highest BCUT2D eigenvalue weighted by atomic mass is 16.8. The van der Waals surface area contributed by atoms with Crippen LogP contribution < -0.4 is 21.3 Å². The van der Waals surface area contributed by atoms with Gasteiger partial charge in [-0.2, -0.15) is 0 Å². The van der Waals surface area contributed by atoms with Gasteiger partial charge in [0.15, 0.2) is 56.1 Å². The fourth-order valence-electron chi connectivity index (χ4n) is 12.1. The standard InChI is InChI=1S/C57H99N7O42/c65-9-21-32(83)41(92)50(98)104-53(21)101-44(24(71)12-68)35(86)38(89)47(95)59-16-56(17-60-48(96)39(90)36(87)45(25(72)13-69)102-54-22(10-66)33(84)42(93)51(99)105-54,18-61-49(97)40(91)37(88)46(26(73)14-70)103-55-23(11-67)34(85)43(94)52(100)106-55)15-58-27(74)1-2-57(64(7-30(79)80)8-31(81)82)19-62(5-28(75)76)3-4-63(20-57)6-29(77)78/h21-26,32-46,50-55,65-73,83-94,98-100H,1-20H2,(H,58,74)(H,59,95)(H,60,96)(H,61,97)(H,75,76)(H,77,78)(H,79,80)(H,81,82). The molecule has 4 amide bonds. The molecule has 4 rings (SSSR count). The summed E-state index contributed by atoms with van der Waals surface area (Å²) in [6.45, 7) is -18.5. The maximum atomic E-state index is 14.6. The minimum Gasteiger partial charge on any atom is -0.480 e. The fraction of sp³-hybridized carbons (Fsp3) is 0.860. The minimum absolute atomic E-state index is 0.243. The van der Waals surface area contributed by atoms with Gasteiger partial charge in [-0.25, -0.2) is 0 Å². The van der Waals surface area contributed by atoms with E-state index in [9.17, 15) is 181 Å². The van der Waals surface area contributed by atoms with Crippen molar-refractivity contribution in [2.24, 2.45) is 23.2 Å². The van der Waals surface area contributed by atoms with Crippen molar-refractivity contribution >= 4 is 47.5 Å². The van der Waals surface area contributed by atoms with Crippen LogP contribution in [0.5, 0.6) is 0 Å². The summed E-state index contributed by atoms with van der Waals surface area (Å²) < 4.78 is 31.5. The summed E-state index contributed by atoms with van der Waals surface area (Å²) in [5, 5.41) is 303. The first-order valence-corrected chi connectivity index (χ1v) is 32.6. The second-order valence-electron chi connectivity index (χ2n) is 26.0. The number of nitrogens with zero attached hydrogens (tertiary/aromatic N) is 3. The predicted octanol–water partition coefficient (Wildman–Crippen LogP) is -20.4. The predicted molar refractivity (Wildman–Crippen MR) is 332 cm³/mol. The second-order valence-corrected chi connectivity index (χ2v) is 26.0. The van der Waals surface area contributed by atoms with Gasteiger partial charge in [-0.3, -0.25) is 53.1 Å². The summed E-state index contributed by atoms with van der Waals surface area (Å²) in [5.41, 5.74) is -4.62. The molecule has 0 bridgehead atoms. The molecular weight excluding hydrogens is 1450 g/mol. The molecule has 0 aromatic rings. The number of hydrogen-bond acceptors (Lipinski definition) is 41. The molecule has 4 fully saturated rings. The molecule has 4 aliphatic rings. The molecule has 4 saturated heterocycles. The molecule has 0 aromatic carbocycles. The first-order valence-electron chi connectivity index (χ1n) is 32.6. The molecule has 27 atom stereocenters. The third kappa shape index (κ3) is 25.0. The van der Waals surface area contributed by atoms with Crippen molar-refractivity contribution in [1.29, 1.82) is 0 Å². The Kier molecular flexibility index (Phi) is 37.3. The fourth-order valence-corrected chi connectivity index (χ4v) is 12.1. The van der Waals surface area contributed by atoms with Crippen LogP contribution in [0.15, 0.2) is 0 Å². The van der Waals surface area contributed by atoms with Crippen LogP contribution in [-0.2, 0) is 66.8 Å². The van der Waals surface area contributed by atoms with Gasteiger partial charge in [-0.1, -0.05) is 0 Å². The maximum absolute atomic E-state index is 14.6. The van der Waals surface area contributed by atoms with Crippen molar-refractivity contribution < 1.29 is 210 Å². The number of ether oxygens (including phenoxy) is 6. The lowest BCUT2D eigenvalue weighted by molar-refractivity contribution is -0.351. The summed E-state index contributed by atoms with van der Waals surface area (Å²) in [4.78, 5) is 110. The number of carbonyl (C=O) groups excluding carboxylic acids is 4. The lowest BCUT2D eigenvalue weighted by Gasteiger charge is -2.45. The van der Waals surface area contributed by atoms with E-state index in [4.69, 9.17) is 28.4 Å². The molecule has 0 aromatic heterocycles. The number of rotatable bonds is 44. The van der Waals surface area contributed by atoms with Crippen LogP contribution in [0, 0.1) is 23.2 Å². The average Bonchev–Trinajstić information content (AvgIpc) is 1.26. The Labute approximate surface area is 599 Å². The van der Waals surface area contributed by atoms with Gasteiger partial charge in [0.2, 0.25) is 5.91 Å². The molecule has 614 valence electrons. The van der Waals surface area contributed by atoms with E-state index in [1.807, 2.05) is 0 Å². The lowest BCUT2D eigenvalue weighted by Crippen LogP contribution is -2.63. The van der Waals surface area contributed by atoms with Gasteiger partial charge in [0, 0.05) is 69.7 Å². The molecule has 4 aliphatic heterocycles. The molecular formula is C57H99N7O42. The van der Waals surface area contributed by atoms with Crippen LogP contribution in [0.2, 0.25) is 0 Å². The molecule has 0 radical (unpaired) electrons. The summed E-state index contributed by atoms with van der Waals surface area (Å²) in [5.74, 6) is -18.4.